The van der Waals surface area contributed by atoms with E-state index < -0.39 is 12.1 Å². The second-order valence-electron chi connectivity index (χ2n) is 3.05. The highest BCUT2D eigenvalue weighted by Gasteiger charge is 2.07. The number of carbonyl (C=O) groups excluding carboxylic acids is 2. The Balaban J connectivity index is 2.33. The molecule has 1 aromatic rings. The highest BCUT2D eigenvalue weighted by molar-refractivity contribution is 7.97. The number of ether oxygens (including phenoxy) is 1. The number of rotatable bonds is 3. The number of alkyl carbamates (subject to hydrolysis) is 1. The standard InChI is InChI=1S/C10H13N3O3S/c1-3-16-10(15)12-9(14)13-17-8-5-4-7(2)6-11-8/h4-6H,3H2,1-2H3,(H2,12,13,14,15). The minimum absolute atomic E-state index is 0.214. The van der Waals surface area contributed by atoms with Crippen molar-refractivity contribution in [2.45, 2.75) is 18.9 Å². The van der Waals surface area contributed by atoms with Crippen LogP contribution < -0.4 is 10.0 Å². The molecule has 1 heterocycles. The van der Waals surface area contributed by atoms with Crippen molar-refractivity contribution in [3.05, 3.63) is 23.9 Å². The summed E-state index contributed by atoms with van der Waals surface area (Å²) in [4.78, 5) is 26.2. The van der Waals surface area contributed by atoms with E-state index in [9.17, 15) is 9.59 Å². The molecule has 1 aromatic heterocycles. The van der Waals surface area contributed by atoms with Crippen LogP contribution in [0.25, 0.3) is 0 Å². The van der Waals surface area contributed by atoms with Gasteiger partial charge in [-0.25, -0.2) is 19.9 Å². The van der Waals surface area contributed by atoms with E-state index in [1.807, 2.05) is 18.3 Å². The topological polar surface area (TPSA) is 80.3 Å². The number of hydrogen-bond acceptors (Lipinski definition) is 5. The molecule has 0 aliphatic carbocycles. The molecule has 3 amide bonds. The first-order valence-electron chi connectivity index (χ1n) is 4.95. The average Bonchev–Trinajstić information content (AvgIpc) is 2.28. The van der Waals surface area contributed by atoms with E-state index in [0.29, 0.717) is 5.03 Å². The van der Waals surface area contributed by atoms with Gasteiger partial charge in [0.05, 0.1) is 6.61 Å². The summed E-state index contributed by atoms with van der Waals surface area (Å²) < 4.78 is 6.96. The van der Waals surface area contributed by atoms with Gasteiger partial charge >= 0.3 is 12.1 Å². The van der Waals surface area contributed by atoms with E-state index in [-0.39, 0.29) is 6.61 Å². The molecule has 2 N–H and O–H groups in total. The lowest BCUT2D eigenvalue weighted by Crippen LogP contribution is -2.36. The van der Waals surface area contributed by atoms with Gasteiger partial charge in [0, 0.05) is 18.1 Å². The molecule has 0 radical (unpaired) electrons. The highest BCUT2D eigenvalue weighted by Crippen LogP contribution is 2.10. The summed E-state index contributed by atoms with van der Waals surface area (Å²) in [5.41, 5.74) is 1.03. The van der Waals surface area contributed by atoms with Crippen LogP contribution in [0.1, 0.15) is 12.5 Å². The molecule has 0 spiro atoms. The monoisotopic (exact) mass is 255 g/mol. The third-order valence-corrected chi connectivity index (χ3v) is 2.36. The molecular formula is C10H13N3O3S. The molecule has 17 heavy (non-hydrogen) atoms. The zero-order valence-electron chi connectivity index (χ0n) is 9.52. The predicted octanol–water partition coefficient (Wildman–Crippen LogP) is 1.85. The number of carbonyl (C=O) groups is 2. The van der Waals surface area contributed by atoms with Crippen molar-refractivity contribution in [3.63, 3.8) is 0 Å². The van der Waals surface area contributed by atoms with Gasteiger partial charge in [-0.3, -0.25) is 4.72 Å². The molecule has 0 atom stereocenters. The molecule has 1 rings (SSSR count). The Morgan fingerprint density at radius 1 is 1.47 bits per heavy atom. The van der Waals surface area contributed by atoms with Gasteiger partial charge in [0.25, 0.3) is 0 Å². The Kier molecular flexibility index (Phi) is 5.28. The van der Waals surface area contributed by atoms with Crippen LogP contribution in [0.4, 0.5) is 9.59 Å². The minimum Gasteiger partial charge on any atom is -0.450 e. The van der Waals surface area contributed by atoms with E-state index in [1.54, 1.807) is 19.2 Å². The maximum atomic E-state index is 11.2. The minimum atomic E-state index is -0.775. The van der Waals surface area contributed by atoms with Crippen molar-refractivity contribution in [2.24, 2.45) is 0 Å². The Bertz CT molecular complexity index is 394. The molecule has 0 aromatic carbocycles. The Morgan fingerprint density at radius 3 is 2.82 bits per heavy atom. The molecule has 0 aliphatic rings. The summed E-state index contributed by atoms with van der Waals surface area (Å²) in [5, 5.41) is 2.64. The number of imide groups is 1. The van der Waals surface area contributed by atoms with Gasteiger partial charge in [-0.15, -0.1) is 0 Å². The maximum Gasteiger partial charge on any atom is 0.415 e. The smallest absolute Gasteiger partial charge is 0.415 e. The van der Waals surface area contributed by atoms with Crippen LogP contribution in [0.2, 0.25) is 0 Å². The summed E-state index contributed by atoms with van der Waals surface area (Å²) in [6.07, 6.45) is 0.912. The summed E-state index contributed by atoms with van der Waals surface area (Å²) >= 11 is 1.02. The lowest BCUT2D eigenvalue weighted by molar-refractivity contribution is 0.153. The van der Waals surface area contributed by atoms with Gasteiger partial charge in [-0.2, -0.15) is 0 Å². The zero-order chi connectivity index (χ0) is 12.7. The largest absolute Gasteiger partial charge is 0.450 e. The number of nitrogens with zero attached hydrogens (tertiary/aromatic N) is 1. The summed E-state index contributed by atoms with van der Waals surface area (Å²) in [6, 6.07) is 3.00. The zero-order valence-corrected chi connectivity index (χ0v) is 10.3. The summed E-state index contributed by atoms with van der Waals surface area (Å²) in [7, 11) is 0. The molecule has 0 aliphatic heterocycles. The van der Waals surface area contributed by atoms with Gasteiger partial charge in [-0.05, 0) is 25.5 Å². The van der Waals surface area contributed by atoms with E-state index in [1.165, 1.54) is 0 Å². The summed E-state index contributed by atoms with van der Waals surface area (Å²) in [5.74, 6) is 0. The molecule has 0 bridgehead atoms. The lowest BCUT2D eigenvalue weighted by Gasteiger charge is -2.05. The van der Waals surface area contributed by atoms with Crippen molar-refractivity contribution >= 4 is 24.1 Å². The lowest BCUT2D eigenvalue weighted by atomic mass is 10.3. The number of amides is 3. The highest BCUT2D eigenvalue weighted by atomic mass is 32.2. The average molecular weight is 255 g/mol. The molecule has 0 unspecified atom stereocenters. The van der Waals surface area contributed by atoms with Crippen LogP contribution in [0.5, 0.6) is 0 Å². The van der Waals surface area contributed by atoms with Gasteiger partial charge in [0.1, 0.15) is 5.03 Å². The van der Waals surface area contributed by atoms with Crippen molar-refractivity contribution < 1.29 is 14.3 Å². The first-order valence-corrected chi connectivity index (χ1v) is 5.76. The Morgan fingerprint density at radius 2 is 2.24 bits per heavy atom. The van der Waals surface area contributed by atoms with Crippen molar-refractivity contribution in [2.75, 3.05) is 6.61 Å². The quantitative estimate of drug-likeness (QED) is 0.806. The van der Waals surface area contributed by atoms with Crippen LogP contribution in [0, 0.1) is 6.92 Å². The number of nitrogens with one attached hydrogen (secondary N) is 2. The van der Waals surface area contributed by atoms with Crippen LogP contribution >= 0.6 is 11.9 Å². The molecule has 6 nitrogen and oxygen atoms in total. The fraction of sp³-hybridized carbons (Fsp3) is 0.300. The fourth-order valence-corrected chi connectivity index (χ4v) is 1.39. The molecule has 0 fully saturated rings. The second kappa shape index (κ2) is 6.74. The van der Waals surface area contributed by atoms with Gasteiger partial charge in [0.15, 0.2) is 0 Å². The van der Waals surface area contributed by atoms with Crippen LogP contribution in [0.3, 0.4) is 0 Å². The summed E-state index contributed by atoms with van der Waals surface area (Å²) in [6.45, 7) is 3.79. The number of hydrogen-bond donors (Lipinski definition) is 2. The normalized spacial score (nSPS) is 9.53. The molecular weight excluding hydrogens is 242 g/mol. The second-order valence-corrected chi connectivity index (χ2v) is 3.88. The van der Waals surface area contributed by atoms with E-state index >= 15 is 0 Å². The predicted molar refractivity (Wildman–Crippen MR) is 63.5 cm³/mol. The van der Waals surface area contributed by atoms with E-state index in [2.05, 4.69) is 14.4 Å². The Labute approximate surface area is 103 Å². The SMILES string of the molecule is CCOC(=O)NC(=O)NSc1ccc(C)cn1. The van der Waals surface area contributed by atoms with Gasteiger partial charge < -0.3 is 4.74 Å². The molecule has 0 saturated carbocycles. The Hall–Kier alpha value is -1.76. The van der Waals surface area contributed by atoms with Crippen molar-refractivity contribution in [1.82, 2.24) is 15.0 Å². The molecule has 92 valence electrons. The van der Waals surface area contributed by atoms with E-state index in [4.69, 9.17) is 0 Å². The van der Waals surface area contributed by atoms with Gasteiger partial charge in [0.2, 0.25) is 0 Å². The van der Waals surface area contributed by atoms with Crippen LogP contribution in [-0.4, -0.2) is 23.7 Å². The third kappa shape index (κ3) is 5.21. The number of pyridine rings is 1. The van der Waals surface area contributed by atoms with Crippen molar-refractivity contribution in [1.29, 1.82) is 0 Å². The molecule has 0 saturated heterocycles. The number of urea groups is 1. The van der Waals surface area contributed by atoms with Gasteiger partial charge in [-0.1, -0.05) is 6.07 Å². The van der Waals surface area contributed by atoms with E-state index in [0.717, 1.165) is 17.5 Å². The third-order valence-electron chi connectivity index (χ3n) is 1.62. The van der Waals surface area contributed by atoms with Crippen molar-refractivity contribution in [3.8, 4) is 0 Å². The maximum absolute atomic E-state index is 11.2. The van der Waals surface area contributed by atoms with Crippen LogP contribution in [-0.2, 0) is 4.74 Å². The number of aryl methyl sites for hydroxylation is 1. The van der Waals surface area contributed by atoms with Crippen LogP contribution in [0.15, 0.2) is 23.4 Å². The molecule has 7 heteroatoms. The first kappa shape index (κ1) is 13.3. The fourth-order valence-electron chi connectivity index (χ4n) is 0.899. The number of aromatic nitrogens is 1. The first-order chi connectivity index (χ1) is 8.11.